The van der Waals surface area contributed by atoms with Crippen LogP contribution in [0.15, 0.2) is 65.1 Å². The largest absolute Gasteiger partial charge is 0.437 e. The maximum Gasteiger partial charge on any atom is 0.244 e. The van der Waals surface area contributed by atoms with Gasteiger partial charge in [-0.3, -0.25) is 4.79 Å². The fourth-order valence-electron chi connectivity index (χ4n) is 3.39. The van der Waals surface area contributed by atoms with Crippen molar-refractivity contribution in [2.75, 3.05) is 6.54 Å². The zero-order valence-electron chi connectivity index (χ0n) is 13.9. The van der Waals surface area contributed by atoms with Gasteiger partial charge in [0.1, 0.15) is 5.52 Å². The highest BCUT2D eigenvalue weighted by molar-refractivity contribution is 5.91. The number of aromatic nitrogens is 1. The Morgan fingerprint density at radius 1 is 1.12 bits per heavy atom. The van der Waals surface area contributed by atoms with Gasteiger partial charge in [-0.15, -0.1) is 0 Å². The predicted octanol–water partition coefficient (Wildman–Crippen LogP) is 4.08. The summed E-state index contributed by atoms with van der Waals surface area (Å²) in [5.74, 6) is 0.322. The Kier molecular flexibility index (Phi) is 4.10. The van der Waals surface area contributed by atoms with Crippen molar-refractivity contribution in [1.82, 2.24) is 10.3 Å². The lowest BCUT2D eigenvalue weighted by molar-refractivity contribution is -0.116. The van der Waals surface area contributed by atoms with Gasteiger partial charge in [0, 0.05) is 24.1 Å². The number of para-hydroxylation sites is 2. The Balaban J connectivity index is 1.40. The molecule has 0 spiro atoms. The highest BCUT2D eigenvalue weighted by Crippen LogP contribution is 2.43. The van der Waals surface area contributed by atoms with Gasteiger partial charge in [0.15, 0.2) is 5.58 Å². The molecular formula is C21H20N2O2. The first-order valence-electron chi connectivity index (χ1n) is 8.62. The number of carbonyl (C=O) groups excluding carboxylic acids is 1. The molecule has 0 unspecified atom stereocenters. The van der Waals surface area contributed by atoms with E-state index in [-0.39, 0.29) is 11.3 Å². The number of hydrogen-bond donors (Lipinski definition) is 1. The van der Waals surface area contributed by atoms with Crippen molar-refractivity contribution >= 4 is 23.1 Å². The van der Waals surface area contributed by atoms with Crippen molar-refractivity contribution in [3.8, 4) is 0 Å². The molecule has 1 aliphatic rings. The maximum absolute atomic E-state index is 12.2. The van der Waals surface area contributed by atoms with Gasteiger partial charge < -0.3 is 9.73 Å². The van der Waals surface area contributed by atoms with Crippen molar-refractivity contribution in [2.24, 2.45) is 0 Å². The zero-order valence-corrected chi connectivity index (χ0v) is 13.9. The summed E-state index contributed by atoms with van der Waals surface area (Å²) < 4.78 is 5.59. The maximum atomic E-state index is 12.2. The molecule has 1 aliphatic carbocycles. The number of hydrogen-bond acceptors (Lipinski definition) is 3. The lowest BCUT2D eigenvalue weighted by Gasteiger charge is -2.42. The summed E-state index contributed by atoms with van der Waals surface area (Å²) in [4.78, 5) is 16.5. The Morgan fingerprint density at radius 3 is 2.60 bits per heavy atom. The summed E-state index contributed by atoms with van der Waals surface area (Å²) in [6.45, 7) is 0.660. The summed E-state index contributed by atoms with van der Waals surface area (Å²) >= 11 is 0. The number of fused-ring (bicyclic) bond motifs is 1. The van der Waals surface area contributed by atoms with Crippen LogP contribution in [-0.2, 0) is 10.2 Å². The van der Waals surface area contributed by atoms with Crippen molar-refractivity contribution in [2.45, 2.75) is 24.7 Å². The van der Waals surface area contributed by atoms with Gasteiger partial charge in [0.2, 0.25) is 11.8 Å². The molecule has 126 valence electrons. The average Bonchev–Trinajstić information content (AvgIpc) is 3.03. The van der Waals surface area contributed by atoms with Crippen LogP contribution in [-0.4, -0.2) is 17.4 Å². The number of rotatable bonds is 5. The second-order valence-electron chi connectivity index (χ2n) is 6.57. The molecule has 1 saturated carbocycles. The Morgan fingerprint density at radius 2 is 1.88 bits per heavy atom. The summed E-state index contributed by atoms with van der Waals surface area (Å²) in [6, 6.07) is 18.0. The SMILES string of the molecule is O=C(/C=C/c1nc2ccccc2o1)NCC1(c2ccccc2)CCC1. The molecule has 1 amide bonds. The minimum absolute atomic E-state index is 0.0857. The highest BCUT2D eigenvalue weighted by Gasteiger charge is 2.38. The molecule has 1 heterocycles. The van der Waals surface area contributed by atoms with Crippen molar-refractivity contribution in [1.29, 1.82) is 0 Å². The quantitative estimate of drug-likeness (QED) is 0.716. The Labute approximate surface area is 146 Å². The number of oxazole rings is 1. The second-order valence-corrected chi connectivity index (χ2v) is 6.57. The minimum atomic E-state index is -0.121. The first-order valence-corrected chi connectivity index (χ1v) is 8.62. The number of nitrogens with zero attached hydrogens (tertiary/aromatic N) is 1. The standard InChI is InChI=1S/C21H20N2O2/c24-19(11-12-20-23-17-9-4-5-10-18(17)25-20)22-15-21(13-6-14-21)16-7-2-1-3-8-16/h1-5,7-12H,6,13-15H2,(H,22,24)/b12-11+. The third kappa shape index (κ3) is 3.20. The monoisotopic (exact) mass is 332 g/mol. The first-order chi connectivity index (χ1) is 12.3. The molecule has 4 heteroatoms. The lowest BCUT2D eigenvalue weighted by Crippen LogP contribution is -2.45. The van der Waals surface area contributed by atoms with Gasteiger partial charge in [-0.05, 0) is 30.5 Å². The van der Waals surface area contributed by atoms with Gasteiger partial charge in [0.05, 0.1) is 0 Å². The summed E-state index contributed by atoms with van der Waals surface area (Å²) in [7, 11) is 0. The van der Waals surface area contributed by atoms with E-state index in [9.17, 15) is 4.79 Å². The molecule has 1 aromatic heterocycles. The van der Waals surface area contributed by atoms with Crippen molar-refractivity contribution in [3.05, 3.63) is 72.1 Å². The van der Waals surface area contributed by atoms with E-state index in [1.165, 1.54) is 18.1 Å². The van der Waals surface area contributed by atoms with Crippen LogP contribution >= 0.6 is 0 Å². The van der Waals surface area contributed by atoms with Crippen LogP contribution in [0.1, 0.15) is 30.7 Å². The second kappa shape index (κ2) is 6.55. The van der Waals surface area contributed by atoms with Crippen molar-refractivity contribution in [3.63, 3.8) is 0 Å². The lowest BCUT2D eigenvalue weighted by atomic mass is 9.64. The smallest absolute Gasteiger partial charge is 0.244 e. The molecule has 1 N–H and O–H groups in total. The van der Waals surface area contributed by atoms with Crippen LogP contribution in [0.4, 0.5) is 0 Å². The van der Waals surface area contributed by atoms with Crippen LogP contribution < -0.4 is 5.32 Å². The first kappa shape index (κ1) is 15.6. The molecule has 2 aromatic carbocycles. The van der Waals surface area contributed by atoms with E-state index in [0.29, 0.717) is 12.4 Å². The normalized spacial score (nSPS) is 16.0. The molecule has 4 rings (SSSR count). The number of amides is 1. The van der Waals surface area contributed by atoms with Crippen LogP contribution in [0.2, 0.25) is 0 Å². The van der Waals surface area contributed by atoms with Gasteiger partial charge in [-0.25, -0.2) is 4.98 Å². The van der Waals surface area contributed by atoms with E-state index in [4.69, 9.17) is 4.42 Å². The molecule has 0 aliphatic heterocycles. The van der Waals surface area contributed by atoms with E-state index in [0.717, 1.165) is 23.9 Å². The van der Waals surface area contributed by atoms with Crippen LogP contribution in [0.5, 0.6) is 0 Å². The predicted molar refractivity (Wildman–Crippen MR) is 98.0 cm³/mol. The van der Waals surface area contributed by atoms with Gasteiger partial charge >= 0.3 is 0 Å². The van der Waals surface area contributed by atoms with E-state index in [1.54, 1.807) is 6.08 Å². The summed E-state index contributed by atoms with van der Waals surface area (Å²) in [5.41, 5.74) is 2.91. The molecule has 1 fully saturated rings. The number of nitrogens with one attached hydrogen (secondary N) is 1. The fourth-order valence-corrected chi connectivity index (χ4v) is 3.39. The molecule has 0 saturated heterocycles. The summed E-state index contributed by atoms with van der Waals surface area (Å²) in [6.07, 6.45) is 6.55. The van der Waals surface area contributed by atoms with Crippen LogP contribution in [0, 0.1) is 0 Å². The average molecular weight is 332 g/mol. The van der Waals surface area contributed by atoms with Gasteiger partial charge in [-0.2, -0.15) is 0 Å². The van der Waals surface area contributed by atoms with E-state index >= 15 is 0 Å². The zero-order chi connectivity index (χ0) is 17.1. The fraction of sp³-hybridized carbons (Fsp3) is 0.238. The van der Waals surface area contributed by atoms with Crippen molar-refractivity contribution < 1.29 is 9.21 Å². The van der Waals surface area contributed by atoms with E-state index in [2.05, 4.69) is 34.6 Å². The van der Waals surface area contributed by atoms with E-state index in [1.807, 2.05) is 30.3 Å². The van der Waals surface area contributed by atoms with Crippen LogP contribution in [0.25, 0.3) is 17.2 Å². The highest BCUT2D eigenvalue weighted by atomic mass is 16.3. The summed E-state index contributed by atoms with van der Waals surface area (Å²) in [5, 5.41) is 3.03. The molecule has 25 heavy (non-hydrogen) atoms. The molecule has 0 bridgehead atoms. The Bertz CT molecular complexity index is 875. The van der Waals surface area contributed by atoms with Gasteiger partial charge in [-0.1, -0.05) is 48.9 Å². The Hall–Kier alpha value is -2.88. The number of carbonyl (C=O) groups is 1. The molecule has 0 atom stereocenters. The third-order valence-corrected chi connectivity index (χ3v) is 4.99. The molecular weight excluding hydrogens is 312 g/mol. The van der Waals surface area contributed by atoms with Gasteiger partial charge in [0.25, 0.3) is 0 Å². The molecule has 3 aromatic rings. The number of benzene rings is 2. The van der Waals surface area contributed by atoms with Crippen LogP contribution in [0.3, 0.4) is 0 Å². The van der Waals surface area contributed by atoms with E-state index < -0.39 is 0 Å². The third-order valence-electron chi connectivity index (χ3n) is 4.99. The molecule has 4 nitrogen and oxygen atoms in total. The molecule has 0 radical (unpaired) electrons. The minimum Gasteiger partial charge on any atom is -0.437 e. The topological polar surface area (TPSA) is 55.1 Å².